The number of thiophene rings is 1. The van der Waals surface area contributed by atoms with Crippen LogP contribution in [0.15, 0.2) is 22.5 Å². The summed E-state index contributed by atoms with van der Waals surface area (Å²) in [7, 11) is 0. The number of hydrogen-bond donors (Lipinski definition) is 3. The van der Waals surface area contributed by atoms with Crippen molar-refractivity contribution in [1.29, 1.82) is 0 Å². The molecule has 17 heavy (non-hydrogen) atoms. The molecule has 1 unspecified atom stereocenters. The molecule has 0 aliphatic rings. The molecule has 0 aliphatic carbocycles. The molecule has 2 atom stereocenters. The zero-order valence-electron chi connectivity index (χ0n) is 10.2. The van der Waals surface area contributed by atoms with Gasteiger partial charge in [-0.25, -0.2) is 0 Å². The van der Waals surface area contributed by atoms with E-state index in [2.05, 4.69) is 4.99 Å². The Labute approximate surface area is 106 Å². The standard InChI is InChI=1S/C12H21N3OS/c1-9(13)15-7-3-2-5-10(14)12(16)11-6-4-8-17-11/h4,6,8,10,12,16H,2-3,5,7,14H2,1H3,(H2,13,15)/t10-,12?/m0/s1. The predicted molar refractivity (Wildman–Crippen MR) is 73.3 cm³/mol. The highest BCUT2D eigenvalue weighted by Crippen LogP contribution is 2.23. The first-order valence-electron chi connectivity index (χ1n) is 5.85. The van der Waals surface area contributed by atoms with Crippen LogP contribution in [0.25, 0.3) is 0 Å². The van der Waals surface area contributed by atoms with E-state index in [-0.39, 0.29) is 6.04 Å². The Morgan fingerprint density at radius 2 is 2.29 bits per heavy atom. The second-order valence-corrected chi connectivity index (χ2v) is 5.12. The molecule has 0 saturated carbocycles. The Morgan fingerprint density at radius 1 is 1.53 bits per heavy atom. The molecule has 0 radical (unpaired) electrons. The van der Waals surface area contributed by atoms with Crippen molar-refractivity contribution in [3.8, 4) is 0 Å². The third kappa shape index (κ3) is 5.30. The van der Waals surface area contributed by atoms with Gasteiger partial charge in [0.25, 0.3) is 0 Å². The fourth-order valence-corrected chi connectivity index (χ4v) is 2.36. The van der Waals surface area contributed by atoms with Gasteiger partial charge in [0.2, 0.25) is 0 Å². The molecular formula is C12H21N3OS. The van der Waals surface area contributed by atoms with Crippen LogP contribution in [-0.4, -0.2) is 23.5 Å². The molecule has 0 fully saturated rings. The fraction of sp³-hybridized carbons (Fsp3) is 0.583. The van der Waals surface area contributed by atoms with Gasteiger partial charge >= 0.3 is 0 Å². The summed E-state index contributed by atoms with van der Waals surface area (Å²) in [6.07, 6.45) is 2.17. The third-order valence-corrected chi connectivity index (χ3v) is 3.49. The largest absolute Gasteiger partial charge is 0.388 e. The van der Waals surface area contributed by atoms with Crippen molar-refractivity contribution in [2.45, 2.75) is 38.3 Å². The Kier molecular flexibility index (Phi) is 6.18. The van der Waals surface area contributed by atoms with Gasteiger partial charge in [-0.2, -0.15) is 0 Å². The molecule has 1 heterocycles. The summed E-state index contributed by atoms with van der Waals surface area (Å²) in [5.41, 5.74) is 11.4. The van der Waals surface area contributed by atoms with E-state index in [4.69, 9.17) is 11.5 Å². The van der Waals surface area contributed by atoms with E-state index in [1.807, 2.05) is 17.5 Å². The van der Waals surface area contributed by atoms with Crippen molar-refractivity contribution in [1.82, 2.24) is 0 Å². The fourth-order valence-electron chi connectivity index (χ4n) is 1.58. The first-order chi connectivity index (χ1) is 8.11. The Balaban J connectivity index is 2.21. The molecule has 1 aromatic heterocycles. The number of hydrogen-bond acceptors (Lipinski definition) is 4. The lowest BCUT2D eigenvalue weighted by atomic mass is 10.0. The van der Waals surface area contributed by atoms with Gasteiger partial charge in [0.05, 0.1) is 5.84 Å². The molecule has 1 rings (SSSR count). The zero-order valence-corrected chi connectivity index (χ0v) is 11.0. The van der Waals surface area contributed by atoms with E-state index in [1.54, 1.807) is 6.92 Å². The summed E-state index contributed by atoms with van der Waals surface area (Å²) in [4.78, 5) is 5.05. The number of amidine groups is 1. The van der Waals surface area contributed by atoms with Crippen LogP contribution < -0.4 is 11.5 Å². The lowest BCUT2D eigenvalue weighted by Crippen LogP contribution is -2.27. The third-order valence-electron chi connectivity index (χ3n) is 2.55. The van der Waals surface area contributed by atoms with Crippen molar-refractivity contribution in [2.75, 3.05) is 6.54 Å². The number of aliphatic hydroxyl groups is 1. The maximum absolute atomic E-state index is 9.96. The number of aliphatic imine (C=N–C) groups is 1. The van der Waals surface area contributed by atoms with Gasteiger partial charge in [-0.3, -0.25) is 4.99 Å². The van der Waals surface area contributed by atoms with Gasteiger partial charge in [-0.15, -0.1) is 11.3 Å². The summed E-state index contributed by atoms with van der Waals surface area (Å²) in [6.45, 7) is 2.52. The zero-order chi connectivity index (χ0) is 12.7. The van der Waals surface area contributed by atoms with E-state index in [0.717, 1.165) is 30.7 Å². The Morgan fingerprint density at radius 3 is 2.88 bits per heavy atom. The molecule has 0 spiro atoms. The van der Waals surface area contributed by atoms with Crippen LogP contribution in [0.4, 0.5) is 0 Å². The number of nitrogens with zero attached hydrogens (tertiary/aromatic N) is 1. The molecule has 0 aromatic carbocycles. The quantitative estimate of drug-likeness (QED) is 0.393. The van der Waals surface area contributed by atoms with Crippen LogP contribution in [0.2, 0.25) is 0 Å². The van der Waals surface area contributed by atoms with Gasteiger partial charge in [0, 0.05) is 17.5 Å². The predicted octanol–water partition coefficient (Wildman–Crippen LogP) is 1.66. The van der Waals surface area contributed by atoms with E-state index >= 15 is 0 Å². The molecule has 5 heteroatoms. The maximum Gasteiger partial charge on any atom is 0.103 e. The summed E-state index contributed by atoms with van der Waals surface area (Å²) in [5.74, 6) is 0.618. The van der Waals surface area contributed by atoms with Gasteiger partial charge in [-0.1, -0.05) is 6.07 Å². The average molecular weight is 255 g/mol. The van der Waals surface area contributed by atoms with E-state index in [9.17, 15) is 5.11 Å². The van der Waals surface area contributed by atoms with Crippen LogP contribution in [-0.2, 0) is 0 Å². The van der Waals surface area contributed by atoms with Crippen LogP contribution >= 0.6 is 11.3 Å². The molecule has 0 aliphatic heterocycles. The van der Waals surface area contributed by atoms with Gasteiger partial charge in [0.15, 0.2) is 0 Å². The Hall–Kier alpha value is -0.910. The van der Waals surface area contributed by atoms with E-state index in [1.165, 1.54) is 11.3 Å². The summed E-state index contributed by atoms with van der Waals surface area (Å²) < 4.78 is 0. The summed E-state index contributed by atoms with van der Waals surface area (Å²) >= 11 is 1.54. The van der Waals surface area contributed by atoms with Crippen LogP contribution in [0.1, 0.15) is 37.2 Å². The van der Waals surface area contributed by atoms with E-state index < -0.39 is 6.10 Å². The highest BCUT2D eigenvalue weighted by molar-refractivity contribution is 7.10. The molecule has 0 bridgehead atoms. The maximum atomic E-state index is 9.96. The number of nitrogens with two attached hydrogens (primary N) is 2. The molecule has 1 aromatic rings. The summed E-state index contributed by atoms with van der Waals surface area (Å²) in [6, 6.07) is 3.64. The van der Waals surface area contributed by atoms with Crippen molar-refractivity contribution in [3.05, 3.63) is 22.4 Å². The smallest absolute Gasteiger partial charge is 0.103 e. The first kappa shape index (κ1) is 14.2. The normalized spacial score (nSPS) is 15.8. The highest BCUT2D eigenvalue weighted by atomic mass is 32.1. The highest BCUT2D eigenvalue weighted by Gasteiger charge is 2.16. The molecule has 4 nitrogen and oxygen atoms in total. The van der Waals surface area contributed by atoms with Crippen molar-refractivity contribution in [2.24, 2.45) is 16.5 Å². The molecule has 96 valence electrons. The lowest BCUT2D eigenvalue weighted by Gasteiger charge is -2.17. The van der Waals surface area contributed by atoms with Gasteiger partial charge < -0.3 is 16.6 Å². The van der Waals surface area contributed by atoms with Gasteiger partial charge in [-0.05, 0) is 37.6 Å². The first-order valence-corrected chi connectivity index (χ1v) is 6.73. The number of rotatable bonds is 7. The summed E-state index contributed by atoms with van der Waals surface area (Å²) in [5, 5.41) is 11.9. The molecule has 5 N–H and O–H groups in total. The minimum Gasteiger partial charge on any atom is -0.388 e. The second-order valence-electron chi connectivity index (χ2n) is 4.14. The second kappa shape index (κ2) is 7.42. The van der Waals surface area contributed by atoms with Crippen molar-refractivity contribution < 1.29 is 5.11 Å². The molecule has 0 saturated heterocycles. The van der Waals surface area contributed by atoms with Crippen molar-refractivity contribution in [3.63, 3.8) is 0 Å². The topological polar surface area (TPSA) is 84.6 Å². The number of aliphatic hydroxyl groups excluding tert-OH is 1. The minimum atomic E-state index is -0.547. The van der Waals surface area contributed by atoms with Crippen LogP contribution in [0.3, 0.4) is 0 Å². The van der Waals surface area contributed by atoms with Crippen LogP contribution in [0.5, 0.6) is 0 Å². The Bertz CT molecular complexity index is 334. The number of unbranched alkanes of at least 4 members (excludes halogenated alkanes) is 1. The SMILES string of the molecule is CC(N)=NCCCC[C@H](N)C(O)c1cccs1. The average Bonchev–Trinajstić information content (AvgIpc) is 2.80. The minimum absolute atomic E-state index is 0.198. The molecule has 0 amide bonds. The van der Waals surface area contributed by atoms with E-state index in [0.29, 0.717) is 5.84 Å². The monoisotopic (exact) mass is 255 g/mol. The molecular weight excluding hydrogens is 234 g/mol. The van der Waals surface area contributed by atoms with Crippen LogP contribution in [0, 0.1) is 0 Å². The van der Waals surface area contributed by atoms with Gasteiger partial charge in [0.1, 0.15) is 6.10 Å². The lowest BCUT2D eigenvalue weighted by molar-refractivity contribution is 0.144. The van der Waals surface area contributed by atoms with Crippen molar-refractivity contribution >= 4 is 17.2 Å².